The Kier molecular flexibility index (Phi) is 4.60. The van der Waals surface area contributed by atoms with Crippen LogP contribution >= 0.6 is 23.2 Å². The number of likely N-dealkylation sites (tertiary alicyclic amines) is 1. The number of halogens is 2. The van der Waals surface area contributed by atoms with Crippen LogP contribution in [0.15, 0.2) is 18.2 Å². The van der Waals surface area contributed by atoms with Crippen LogP contribution < -0.4 is 5.32 Å². The maximum Gasteiger partial charge on any atom is 0.321 e. The molecule has 2 aliphatic rings. The largest absolute Gasteiger partial charge is 0.324 e. The highest BCUT2D eigenvalue weighted by Gasteiger charge is 2.32. The number of nitrogens with one attached hydrogen (secondary N) is 1. The van der Waals surface area contributed by atoms with Crippen molar-refractivity contribution in [2.45, 2.75) is 32.1 Å². The molecule has 3 nitrogen and oxygen atoms in total. The zero-order chi connectivity index (χ0) is 14.8. The summed E-state index contributed by atoms with van der Waals surface area (Å²) < 4.78 is 0. The summed E-state index contributed by atoms with van der Waals surface area (Å²) in [5.74, 6) is 1.51. The van der Waals surface area contributed by atoms with Gasteiger partial charge < -0.3 is 10.2 Å². The molecule has 2 amide bonds. The van der Waals surface area contributed by atoms with Gasteiger partial charge in [-0.2, -0.15) is 0 Å². The highest BCUT2D eigenvalue weighted by atomic mass is 35.5. The van der Waals surface area contributed by atoms with Crippen LogP contribution in [0, 0.1) is 11.8 Å². The molecule has 2 fully saturated rings. The van der Waals surface area contributed by atoms with Crippen LogP contribution in [0.1, 0.15) is 32.1 Å². The number of rotatable bonds is 1. The molecule has 114 valence electrons. The number of benzene rings is 1. The Bertz CT molecular complexity index is 535. The Labute approximate surface area is 135 Å². The molecule has 21 heavy (non-hydrogen) atoms. The Morgan fingerprint density at radius 2 is 1.86 bits per heavy atom. The van der Waals surface area contributed by atoms with Crippen molar-refractivity contribution in [2.75, 3.05) is 18.4 Å². The van der Waals surface area contributed by atoms with E-state index in [1.807, 2.05) is 4.90 Å². The molecule has 0 aromatic heterocycles. The lowest BCUT2D eigenvalue weighted by molar-refractivity contribution is 0.108. The average Bonchev–Trinajstić information content (AvgIpc) is 2.50. The number of nitrogens with zero attached hydrogens (tertiary/aromatic N) is 1. The maximum atomic E-state index is 12.4. The van der Waals surface area contributed by atoms with Gasteiger partial charge in [0.2, 0.25) is 0 Å². The number of fused-ring (bicyclic) bond motifs is 1. The van der Waals surface area contributed by atoms with Crippen molar-refractivity contribution in [1.82, 2.24) is 4.90 Å². The van der Waals surface area contributed by atoms with E-state index in [9.17, 15) is 4.79 Å². The lowest BCUT2D eigenvalue weighted by Gasteiger charge is -2.41. The fourth-order valence-corrected chi connectivity index (χ4v) is 3.86. The third-order valence-electron chi connectivity index (χ3n) is 4.75. The van der Waals surface area contributed by atoms with Gasteiger partial charge >= 0.3 is 6.03 Å². The van der Waals surface area contributed by atoms with E-state index >= 15 is 0 Å². The van der Waals surface area contributed by atoms with Crippen LogP contribution in [0.25, 0.3) is 0 Å². The molecule has 1 saturated carbocycles. The van der Waals surface area contributed by atoms with E-state index in [0.717, 1.165) is 25.4 Å². The molecule has 1 aromatic rings. The first kappa shape index (κ1) is 15.0. The summed E-state index contributed by atoms with van der Waals surface area (Å²) in [5.41, 5.74) is 0.695. The van der Waals surface area contributed by atoms with Gasteiger partial charge in [0.25, 0.3) is 0 Å². The van der Waals surface area contributed by atoms with Gasteiger partial charge in [-0.3, -0.25) is 0 Å². The van der Waals surface area contributed by atoms with Crippen LogP contribution in [-0.2, 0) is 0 Å². The first-order chi connectivity index (χ1) is 10.1. The number of amides is 2. The van der Waals surface area contributed by atoms with Gasteiger partial charge in [0.1, 0.15) is 0 Å². The van der Waals surface area contributed by atoms with Crippen molar-refractivity contribution in [3.05, 3.63) is 28.2 Å². The highest BCUT2D eigenvalue weighted by molar-refractivity contribution is 6.42. The number of carbonyl (C=O) groups is 1. The van der Waals surface area contributed by atoms with Crippen molar-refractivity contribution in [2.24, 2.45) is 11.8 Å². The standard InChI is InChI=1S/C16H20Cl2N2O/c17-14-6-5-13(9-15(14)18)19-16(21)20-8-7-11-3-1-2-4-12(11)10-20/h5-6,9,11-12H,1-4,7-8,10H2,(H,19,21). The Hall–Kier alpha value is -0.930. The number of hydrogen-bond donors (Lipinski definition) is 1. The minimum atomic E-state index is -0.0302. The number of anilines is 1. The van der Waals surface area contributed by atoms with E-state index in [2.05, 4.69) is 5.32 Å². The summed E-state index contributed by atoms with van der Waals surface area (Å²) in [6.45, 7) is 1.74. The molecular formula is C16H20Cl2N2O. The Balaban J connectivity index is 1.61. The molecule has 1 N–H and O–H groups in total. The average molecular weight is 327 g/mol. The van der Waals surface area contributed by atoms with Crippen molar-refractivity contribution in [3.63, 3.8) is 0 Å². The molecular weight excluding hydrogens is 307 g/mol. The minimum absolute atomic E-state index is 0.0302. The normalized spacial score (nSPS) is 25.3. The quantitative estimate of drug-likeness (QED) is 0.770. The molecule has 1 heterocycles. The van der Waals surface area contributed by atoms with Gasteiger partial charge in [0, 0.05) is 18.8 Å². The fraction of sp³-hybridized carbons (Fsp3) is 0.562. The predicted molar refractivity (Wildman–Crippen MR) is 87.1 cm³/mol. The Morgan fingerprint density at radius 3 is 2.62 bits per heavy atom. The number of hydrogen-bond acceptors (Lipinski definition) is 1. The summed E-state index contributed by atoms with van der Waals surface area (Å²) in [6.07, 6.45) is 6.41. The molecule has 5 heteroatoms. The maximum absolute atomic E-state index is 12.4. The second-order valence-corrected chi connectivity index (χ2v) is 6.91. The molecule has 3 rings (SSSR count). The monoisotopic (exact) mass is 326 g/mol. The smallest absolute Gasteiger partial charge is 0.321 e. The van der Waals surface area contributed by atoms with Crippen molar-refractivity contribution in [1.29, 1.82) is 0 Å². The molecule has 2 atom stereocenters. The van der Waals surface area contributed by atoms with E-state index in [4.69, 9.17) is 23.2 Å². The van der Waals surface area contributed by atoms with Gasteiger partial charge in [-0.05, 0) is 42.9 Å². The number of carbonyl (C=O) groups excluding carboxylic acids is 1. The van der Waals surface area contributed by atoms with Gasteiger partial charge in [-0.1, -0.05) is 42.5 Å². The van der Waals surface area contributed by atoms with Crippen molar-refractivity contribution >= 4 is 34.9 Å². The second kappa shape index (κ2) is 6.45. The molecule has 1 aromatic carbocycles. The summed E-state index contributed by atoms with van der Waals surface area (Å²) in [6, 6.07) is 5.14. The molecule has 1 aliphatic heterocycles. The van der Waals surface area contributed by atoms with E-state index in [-0.39, 0.29) is 6.03 Å². The lowest BCUT2D eigenvalue weighted by Crippen LogP contribution is -2.46. The topological polar surface area (TPSA) is 32.3 Å². The van der Waals surface area contributed by atoms with Gasteiger partial charge in [0.05, 0.1) is 10.0 Å². The van der Waals surface area contributed by atoms with E-state index < -0.39 is 0 Å². The molecule has 1 saturated heterocycles. The van der Waals surface area contributed by atoms with Crippen LogP contribution in [-0.4, -0.2) is 24.0 Å². The Morgan fingerprint density at radius 1 is 1.10 bits per heavy atom. The first-order valence-corrected chi connectivity index (χ1v) is 8.40. The third kappa shape index (κ3) is 3.46. The first-order valence-electron chi connectivity index (χ1n) is 7.64. The molecule has 0 spiro atoms. The van der Waals surface area contributed by atoms with Crippen molar-refractivity contribution < 1.29 is 4.79 Å². The summed E-state index contributed by atoms with van der Waals surface area (Å²) >= 11 is 11.9. The van der Waals surface area contributed by atoms with E-state index in [1.165, 1.54) is 25.7 Å². The summed E-state index contributed by atoms with van der Waals surface area (Å²) in [5, 5.41) is 3.88. The summed E-state index contributed by atoms with van der Waals surface area (Å²) in [4.78, 5) is 14.3. The molecule has 2 unspecified atom stereocenters. The summed E-state index contributed by atoms with van der Waals surface area (Å²) in [7, 11) is 0. The van der Waals surface area contributed by atoms with Gasteiger partial charge in [-0.25, -0.2) is 4.79 Å². The van der Waals surface area contributed by atoms with Gasteiger partial charge in [-0.15, -0.1) is 0 Å². The molecule has 1 aliphatic carbocycles. The van der Waals surface area contributed by atoms with Crippen LogP contribution in [0.4, 0.5) is 10.5 Å². The number of urea groups is 1. The number of piperidine rings is 1. The van der Waals surface area contributed by atoms with Gasteiger partial charge in [0.15, 0.2) is 0 Å². The lowest BCUT2D eigenvalue weighted by atomic mass is 9.75. The molecule has 0 bridgehead atoms. The zero-order valence-corrected chi connectivity index (χ0v) is 13.5. The predicted octanol–water partition coefficient (Wildman–Crippen LogP) is 5.04. The highest BCUT2D eigenvalue weighted by Crippen LogP contribution is 2.36. The van der Waals surface area contributed by atoms with Crippen LogP contribution in [0.5, 0.6) is 0 Å². The second-order valence-electron chi connectivity index (χ2n) is 6.10. The van der Waals surface area contributed by atoms with Crippen molar-refractivity contribution in [3.8, 4) is 0 Å². The van der Waals surface area contributed by atoms with E-state index in [0.29, 0.717) is 21.7 Å². The zero-order valence-electron chi connectivity index (χ0n) is 11.9. The molecule has 0 radical (unpaired) electrons. The minimum Gasteiger partial charge on any atom is -0.324 e. The van der Waals surface area contributed by atoms with Crippen LogP contribution in [0.3, 0.4) is 0 Å². The third-order valence-corrected chi connectivity index (χ3v) is 5.49. The van der Waals surface area contributed by atoms with E-state index in [1.54, 1.807) is 18.2 Å². The fourth-order valence-electron chi connectivity index (χ4n) is 3.56. The van der Waals surface area contributed by atoms with Crippen LogP contribution in [0.2, 0.25) is 10.0 Å². The SMILES string of the molecule is O=C(Nc1ccc(Cl)c(Cl)c1)N1CCC2CCCCC2C1.